The fraction of sp³-hybridized carbons (Fsp3) is 0.318. The molecule has 29 heavy (non-hydrogen) atoms. The van der Waals surface area contributed by atoms with Crippen molar-refractivity contribution >= 4 is 11.9 Å². The van der Waals surface area contributed by atoms with Crippen LogP contribution in [0.4, 0.5) is 0 Å². The molecule has 1 aromatic heterocycles. The lowest BCUT2D eigenvalue weighted by Gasteiger charge is -2.30. The first kappa shape index (κ1) is 20.4. The summed E-state index contributed by atoms with van der Waals surface area (Å²) in [5.41, 5.74) is 4.38. The monoisotopic (exact) mass is 395 g/mol. The molecule has 1 aliphatic rings. The molecule has 0 saturated carbocycles. The molecule has 2 heterocycles. The van der Waals surface area contributed by atoms with E-state index in [0.29, 0.717) is 28.1 Å². The molecule has 0 unspecified atom stereocenters. The Kier molecular flexibility index (Phi) is 6.16. The highest BCUT2D eigenvalue weighted by Crippen LogP contribution is 2.42. The Balaban J connectivity index is 2.21. The van der Waals surface area contributed by atoms with E-state index in [9.17, 15) is 9.59 Å². The standard InChI is InChI=1S/C22H25N3O4/c1-5-28-21(26)17-13(3)24-14(4)18(22(27)29-6-2)19(17)16-12-23-25-20(16)15-10-8-7-9-11-15/h7-12,19,24H,5-6H2,1-4H3,(H,23,25). The van der Waals surface area contributed by atoms with Gasteiger partial charge in [0.2, 0.25) is 0 Å². The molecule has 0 spiro atoms. The van der Waals surface area contributed by atoms with Crippen molar-refractivity contribution in [3.05, 3.63) is 64.6 Å². The lowest BCUT2D eigenvalue weighted by Crippen LogP contribution is -2.32. The summed E-state index contributed by atoms with van der Waals surface area (Å²) in [6.45, 7) is 7.56. The van der Waals surface area contributed by atoms with Crippen molar-refractivity contribution < 1.29 is 19.1 Å². The van der Waals surface area contributed by atoms with E-state index in [1.165, 1.54) is 0 Å². The van der Waals surface area contributed by atoms with Crippen LogP contribution >= 0.6 is 0 Å². The minimum absolute atomic E-state index is 0.233. The summed E-state index contributed by atoms with van der Waals surface area (Å²) in [6.07, 6.45) is 1.65. The minimum atomic E-state index is -0.664. The predicted octanol–water partition coefficient (Wildman–Crippen LogP) is 3.44. The molecule has 0 atom stereocenters. The molecule has 1 aromatic carbocycles. The first-order valence-electron chi connectivity index (χ1n) is 9.61. The van der Waals surface area contributed by atoms with Gasteiger partial charge >= 0.3 is 11.9 Å². The molecule has 3 rings (SSSR count). The molecule has 0 saturated heterocycles. The number of aromatic nitrogens is 2. The molecule has 152 valence electrons. The smallest absolute Gasteiger partial charge is 0.336 e. The zero-order valence-corrected chi connectivity index (χ0v) is 17.0. The highest BCUT2D eigenvalue weighted by atomic mass is 16.5. The van der Waals surface area contributed by atoms with E-state index in [2.05, 4.69) is 15.5 Å². The summed E-state index contributed by atoms with van der Waals surface area (Å²) >= 11 is 0. The molecule has 2 aromatic rings. The molecule has 2 N–H and O–H groups in total. The summed E-state index contributed by atoms with van der Waals surface area (Å²) < 4.78 is 10.6. The number of esters is 2. The van der Waals surface area contributed by atoms with Crippen LogP contribution < -0.4 is 5.32 Å². The molecule has 0 bridgehead atoms. The highest BCUT2D eigenvalue weighted by molar-refractivity contribution is 6.00. The Bertz CT molecular complexity index is 933. The maximum Gasteiger partial charge on any atom is 0.336 e. The van der Waals surface area contributed by atoms with Crippen LogP contribution in [0.5, 0.6) is 0 Å². The third-order valence-electron chi connectivity index (χ3n) is 4.79. The van der Waals surface area contributed by atoms with E-state index in [-0.39, 0.29) is 13.2 Å². The molecule has 0 fully saturated rings. The van der Waals surface area contributed by atoms with Gasteiger partial charge in [-0.05, 0) is 33.3 Å². The lowest BCUT2D eigenvalue weighted by molar-refractivity contribution is -0.139. The quantitative estimate of drug-likeness (QED) is 0.728. The van der Waals surface area contributed by atoms with Crippen LogP contribution in [0.3, 0.4) is 0 Å². The van der Waals surface area contributed by atoms with E-state index in [1.807, 2.05) is 30.3 Å². The fourth-order valence-electron chi connectivity index (χ4n) is 3.61. The van der Waals surface area contributed by atoms with Gasteiger partial charge in [-0.1, -0.05) is 30.3 Å². The number of dihydropyridines is 1. The van der Waals surface area contributed by atoms with Gasteiger partial charge in [-0.15, -0.1) is 0 Å². The predicted molar refractivity (Wildman–Crippen MR) is 109 cm³/mol. The summed E-state index contributed by atoms with van der Waals surface area (Å²) in [7, 11) is 0. The van der Waals surface area contributed by atoms with E-state index < -0.39 is 17.9 Å². The molecule has 7 nitrogen and oxygen atoms in total. The van der Waals surface area contributed by atoms with Crippen molar-refractivity contribution in [1.29, 1.82) is 0 Å². The number of hydrogen-bond donors (Lipinski definition) is 2. The maximum absolute atomic E-state index is 12.9. The number of nitrogens with zero attached hydrogens (tertiary/aromatic N) is 1. The first-order chi connectivity index (χ1) is 14.0. The Morgan fingerprint density at radius 1 is 0.966 bits per heavy atom. The number of rotatable bonds is 6. The summed E-state index contributed by atoms with van der Waals surface area (Å²) in [6, 6.07) is 9.65. The first-order valence-corrected chi connectivity index (χ1v) is 9.61. The van der Waals surface area contributed by atoms with Crippen LogP contribution in [0.25, 0.3) is 11.3 Å². The van der Waals surface area contributed by atoms with Crippen LogP contribution in [0, 0.1) is 0 Å². The van der Waals surface area contributed by atoms with E-state index in [1.54, 1.807) is 33.9 Å². The SMILES string of the molecule is CCOC(=O)C1=C(C)NC(C)=C(C(=O)OCC)C1c1cn[nH]c1-c1ccccc1. The van der Waals surface area contributed by atoms with Crippen molar-refractivity contribution in [3.63, 3.8) is 0 Å². The number of aromatic amines is 1. The fourth-order valence-corrected chi connectivity index (χ4v) is 3.61. The number of nitrogens with one attached hydrogen (secondary N) is 2. The molecule has 7 heteroatoms. The Hall–Kier alpha value is -3.35. The minimum Gasteiger partial charge on any atom is -0.463 e. The Morgan fingerprint density at radius 2 is 1.52 bits per heavy atom. The van der Waals surface area contributed by atoms with E-state index in [4.69, 9.17) is 9.47 Å². The third-order valence-corrected chi connectivity index (χ3v) is 4.79. The summed E-state index contributed by atoms with van der Waals surface area (Å²) in [5.74, 6) is -1.61. The zero-order valence-electron chi connectivity index (χ0n) is 17.0. The highest BCUT2D eigenvalue weighted by Gasteiger charge is 2.39. The number of ether oxygens (including phenoxy) is 2. The topological polar surface area (TPSA) is 93.3 Å². The van der Waals surface area contributed by atoms with Gasteiger partial charge in [0.05, 0.1) is 42.2 Å². The molecule has 0 aliphatic carbocycles. The number of carbonyl (C=O) groups excluding carboxylic acids is 2. The largest absolute Gasteiger partial charge is 0.463 e. The third kappa shape index (κ3) is 3.94. The molecular weight excluding hydrogens is 370 g/mol. The number of carbonyl (C=O) groups is 2. The summed E-state index contributed by atoms with van der Waals surface area (Å²) in [4.78, 5) is 25.7. The van der Waals surface area contributed by atoms with Crippen LogP contribution in [0.2, 0.25) is 0 Å². The molecule has 0 amide bonds. The average Bonchev–Trinajstić information content (AvgIpc) is 3.17. The van der Waals surface area contributed by atoms with Crippen LogP contribution in [0.1, 0.15) is 39.2 Å². The second kappa shape index (κ2) is 8.77. The van der Waals surface area contributed by atoms with Crippen molar-refractivity contribution in [2.75, 3.05) is 13.2 Å². The van der Waals surface area contributed by atoms with Crippen molar-refractivity contribution in [1.82, 2.24) is 15.5 Å². The van der Waals surface area contributed by atoms with Crippen LogP contribution in [0.15, 0.2) is 59.1 Å². The Morgan fingerprint density at radius 3 is 2.03 bits per heavy atom. The number of allylic oxidation sites excluding steroid dienone is 2. The van der Waals surface area contributed by atoms with Gasteiger partial charge < -0.3 is 14.8 Å². The second-order valence-corrected chi connectivity index (χ2v) is 6.64. The molecular formula is C22H25N3O4. The summed E-state index contributed by atoms with van der Waals surface area (Å²) in [5, 5.41) is 10.4. The van der Waals surface area contributed by atoms with Crippen molar-refractivity contribution in [2.24, 2.45) is 0 Å². The van der Waals surface area contributed by atoms with Gasteiger partial charge in [0.15, 0.2) is 0 Å². The second-order valence-electron chi connectivity index (χ2n) is 6.64. The Labute approximate surface area is 169 Å². The average molecular weight is 395 g/mol. The van der Waals surface area contributed by atoms with Crippen molar-refractivity contribution in [2.45, 2.75) is 33.6 Å². The lowest BCUT2D eigenvalue weighted by atomic mass is 9.79. The number of H-pyrrole nitrogens is 1. The van der Waals surface area contributed by atoms with Crippen LogP contribution in [-0.2, 0) is 19.1 Å². The molecule has 1 aliphatic heterocycles. The van der Waals surface area contributed by atoms with E-state index >= 15 is 0 Å². The van der Waals surface area contributed by atoms with Crippen molar-refractivity contribution in [3.8, 4) is 11.3 Å². The normalized spacial score (nSPS) is 14.6. The van der Waals surface area contributed by atoms with E-state index in [0.717, 1.165) is 11.3 Å². The van der Waals surface area contributed by atoms with Crippen LogP contribution in [-0.4, -0.2) is 35.3 Å². The molecule has 0 radical (unpaired) electrons. The van der Waals surface area contributed by atoms with Gasteiger partial charge in [-0.25, -0.2) is 9.59 Å². The number of hydrogen-bond acceptors (Lipinski definition) is 6. The van der Waals surface area contributed by atoms with Gasteiger partial charge in [0.1, 0.15) is 0 Å². The van der Waals surface area contributed by atoms with Gasteiger partial charge in [0, 0.05) is 17.0 Å². The van der Waals surface area contributed by atoms with Gasteiger partial charge in [0.25, 0.3) is 0 Å². The zero-order chi connectivity index (χ0) is 21.0. The van der Waals surface area contributed by atoms with Gasteiger partial charge in [-0.3, -0.25) is 5.10 Å². The van der Waals surface area contributed by atoms with Gasteiger partial charge in [-0.2, -0.15) is 5.10 Å². The number of benzene rings is 1. The maximum atomic E-state index is 12.9.